The Morgan fingerprint density at radius 3 is 2.04 bits per heavy atom. The largest absolute Gasteiger partial charge is 0.469 e. The van der Waals surface area contributed by atoms with Crippen LogP contribution in [0.4, 0.5) is 0 Å². The van der Waals surface area contributed by atoms with Crippen LogP contribution in [0.25, 0.3) is 0 Å². The van der Waals surface area contributed by atoms with E-state index in [0.717, 1.165) is 25.2 Å². The quantitative estimate of drug-likeness (QED) is 0.241. The Balaban J connectivity index is 3.39. The standard InChI is InChI=1S/C17H36NO6P/c1-15(2)11-9-7-5-3-4-6-8-10-12-17(20)18-13-16(19)14-24-25(21,22)23/h15-16,19H,3-14H2,1-2H3,(H,18,20)(H2,21,22,23). The Hall–Kier alpha value is -0.460. The Morgan fingerprint density at radius 2 is 1.52 bits per heavy atom. The second-order valence-electron chi connectivity index (χ2n) is 7.01. The Bertz CT molecular complexity index is 385. The molecule has 150 valence electrons. The first-order valence-corrected chi connectivity index (χ1v) is 10.9. The van der Waals surface area contributed by atoms with Crippen LogP contribution in [0.3, 0.4) is 0 Å². The van der Waals surface area contributed by atoms with E-state index in [9.17, 15) is 14.5 Å². The number of nitrogens with one attached hydrogen (secondary N) is 1. The van der Waals surface area contributed by atoms with Gasteiger partial charge in [-0.15, -0.1) is 0 Å². The van der Waals surface area contributed by atoms with Gasteiger partial charge in [0.2, 0.25) is 5.91 Å². The molecule has 1 unspecified atom stereocenters. The summed E-state index contributed by atoms with van der Waals surface area (Å²) in [5.74, 6) is 0.634. The highest BCUT2D eigenvalue weighted by atomic mass is 31.2. The molecule has 0 aromatic heterocycles. The molecule has 0 saturated carbocycles. The summed E-state index contributed by atoms with van der Waals surface area (Å²) in [5.41, 5.74) is 0. The molecule has 0 saturated heterocycles. The van der Waals surface area contributed by atoms with Crippen LogP contribution < -0.4 is 5.32 Å². The van der Waals surface area contributed by atoms with Crippen LogP contribution in [0.15, 0.2) is 0 Å². The van der Waals surface area contributed by atoms with Gasteiger partial charge in [0.25, 0.3) is 0 Å². The number of phosphoric acid groups is 1. The van der Waals surface area contributed by atoms with Crippen molar-refractivity contribution in [3.8, 4) is 0 Å². The van der Waals surface area contributed by atoms with Crippen molar-refractivity contribution in [1.82, 2.24) is 5.32 Å². The molecule has 1 amide bonds. The van der Waals surface area contributed by atoms with Crippen LogP contribution in [0, 0.1) is 5.92 Å². The lowest BCUT2D eigenvalue weighted by Gasteiger charge is -2.12. The molecule has 0 bridgehead atoms. The summed E-state index contributed by atoms with van der Waals surface area (Å²) >= 11 is 0. The summed E-state index contributed by atoms with van der Waals surface area (Å²) in [5, 5.41) is 12.0. The van der Waals surface area contributed by atoms with Gasteiger partial charge in [-0.25, -0.2) is 4.57 Å². The minimum absolute atomic E-state index is 0.0742. The molecule has 0 rings (SSSR count). The number of unbranched alkanes of at least 4 members (excludes halogenated alkanes) is 7. The first-order valence-electron chi connectivity index (χ1n) is 9.35. The number of aliphatic hydroxyl groups excluding tert-OH is 1. The van der Waals surface area contributed by atoms with Crippen molar-refractivity contribution in [2.24, 2.45) is 5.92 Å². The van der Waals surface area contributed by atoms with E-state index in [1.54, 1.807) is 0 Å². The number of rotatable bonds is 16. The van der Waals surface area contributed by atoms with Crippen LogP contribution in [0.1, 0.15) is 78.1 Å². The number of hydrogen-bond acceptors (Lipinski definition) is 4. The molecule has 0 aromatic rings. The zero-order chi connectivity index (χ0) is 19.1. The van der Waals surface area contributed by atoms with Gasteiger partial charge >= 0.3 is 7.82 Å². The first-order chi connectivity index (χ1) is 11.7. The topological polar surface area (TPSA) is 116 Å². The molecule has 0 fully saturated rings. The molecule has 0 aliphatic rings. The van der Waals surface area contributed by atoms with Gasteiger partial charge in [0.15, 0.2) is 0 Å². The molecular weight excluding hydrogens is 345 g/mol. The van der Waals surface area contributed by atoms with E-state index in [1.807, 2.05) is 0 Å². The van der Waals surface area contributed by atoms with E-state index >= 15 is 0 Å². The molecule has 0 aliphatic carbocycles. The highest BCUT2D eigenvalue weighted by molar-refractivity contribution is 7.46. The van der Waals surface area contributed by atoms with Crippen molar-refractivity contribution in [1.29, 1.82) is 0 Å². The zero-order valence-corrected chi connectivity index (χ0v) is 16.5. The normalized spacial score (nSPS) is 13.2. The van der Waals surface area contributed by atoms with Crippen molar-refractivity contribution in [2.45, 2.75) is 84.2 Å². The molecule has 0 aliphatic heterocycles. The first kappa shape index (κ1) is 24.5. The lowest BCUT2D eigenvalue weighted by molar-refractivity contribution is -0.121. The summed E-state index contributed by atoms with van der Waals surface area (Å²) in [6.45, 7) is 3.93. The van der Waals surface area contributed by atoms with Crippen molar-refractivity contribution in [3.63, 3.8) is 0 Å². The fraction of sp³-hybridized carbons (Fsp3) is 0.941. The molecule has 0 radical (unpaired) electrons. The third-order valence-electron chi connectivity index (χ3n) is 3.91. The van der Waals surface area contributed by atoms with Gasteiger partial charge in [-0.05, 0) is 12.3 Å². The molecule has 8 heteroatoms. The maximum atomic E-state index is 11.6. The van der Waals surface area contributed by atoms with Crippen LogP contribution in [0.2, 0.25) is 0 Å². The SMILES string of the molecule is CC(C)CCCCCCCCCCC(=O)NCC(O)COP(=O)(O)O. The smallest absolute Gasteiger partial charge is 0.389 e. The number of hydrogen-bond donors (Lipinski definition) is 4. The van der Waals surface area contributed by atoms with E-state index < -0.39 is 20.5 Å². The summed E-state index contributed by atoms with van der Waals surface area (Å²) in [7, 11) is -4.58. The Labute approximate surface area is 151 Å². The van der Waals surface area contributed by atoms with Crippen molar-refractivity contribution >= 4 is 13.7 Å². The molecular formula is C17H36NO6P. The maximum Gasteiger partial charge on any atom is 0.469 e. The fourth-order valence-electron chi connectivity index (χ4n) is 2.46. The summed E-state index contributed by atoms with van der Waals surface area (Å²) < 4.78 is 14.6. The second-order valence-corrected chi connectivity index (χ2v) is 8.24. The van der Waals surface area contributed by atoms with E-state index in [0.29, 0.717) is 6.42 Å². The van der Waals surface area contributed by atoms with Crippen molar-refractivity contribution in [3.05, 3.63) is 0 Å². The van der Waals surface area contributed by atoms with Crippen LogP contribution in [-0.2, 0) is 13.9 Å². The number of carbonyl (C=O) groups excluding carboxylic acids is 1. The van der Waals surface area contributed by atoms with Gasteiger partial charge in [0, 0.05) is 13.0 Å². The predicted octanol–water partition coefficient (Wildman–Crippen LogP) is 3.13. The minimum atomic E-state index is -4.58. The van der Waals surface area contributed by atoms with E-state index in [-0.39, 0.29) is 12.5 Å². The monoisotopic (exact) mass is 381 g/mol. The average molecular weight is 381 g/mol. The minimum Gasteiger partial charge on any atom is -0.389 e. The van der Waals surface area contributed by atoms with Gasteiger partial charge < -0.3 is 20.2 Å². The van der Waals surface area contributed by atoms with Gasteiger partial charge in [-0.2, -0.15) is 0 Å². The summed E-state index contributed by atoms with van der Waals surface area (Å²) in [6, 6.07) is 0. The molecule has 4 N–H and O–H groups in total. The fourth-order valence-corrected chi connectivity index (χ4v) is 2.83. The van der Waals surface area contributed by atoms with Gasteiger partial charge in [0.05, 0.1) is 12.7 Å². The number of carbonyl (C=O) groups is 1. The molecule has 7 nitrogen and oxygen atoms in total. The predicted molar refractivity (Wildman–Crippen MR) is 98.0 cm³/mol. The van der Waals surface area contributed by atoms with E-state index in [2.05, 4.69) is 23.7 Å². The van der Waals surface area contributed by atoms with Gasteiger partial charge in [-0.1, -0.05) is 65.2 Å². The summed E-state index contributed by atoms with van der Waals surface area (Å²) in [4.78, 5) is 28.6. The highest BCUT2D eigenvalue weighted by Gasteiger charge is 2.17. The number of aliphatic hydroxyl groups is 1. The van der Waals surface area contributed by atoms with Gasteiger partial charge in [-0.3, -0.25) is 9.32 Å². The van der Waals surface area contributed by atoms with Crippen LogP contribution >= 0.6 is 7.82 Å². The third-order valence-corrected chi connectivity index (χ3v) is 4.39. The van der Waals surface area contributed by atoms with E-state index in [4.69, 9.17) is 9.79 Å². The number of phosphoric ester groups is 1. The molecule has 0 spiro atoms. The van der Waals surface area contributed by atoms with Crippen LogP contribution in [0.5, 0.6) is 0 Å². The second kappa shape index (κ2) is 14.7. The lowest BCUT2D eigenvalue weighted by Crippen LogP contribution is -2.34. The van der Waals surface area contributed by atoms with Crippen molar-refractivity contribution in [2.75, 3.05) is 13.2 Å². The van der Waals surface area contributed by atoms with Crippen LogP contribution in [-0.4, -0.2) is 40.1 Å². The average Bonchev–Trinajstić information content (AvgIpc) is 2.51. The molecule has 1 atom stereocenters. The molecule has 25 heavy (non-hydrogen) atoms. The maximum absolute atomic E-state index is 11.6. The lowest BCUT2D eigenvalue weighted by atomic mass is 10.0. The summed E-state index contributed by atoms with van der Waals surface area (Å²) in [6.07, 6.45) is 9.95. The highest BCUT2D eigenvalue weighted by Crippen LogP contribution is 2.35. The van der Waals surface area contributed by atoms with Crippen molar-refractivity contribution < 1.29 is 28.8 Å². The van der Waals surface area contributed by atoms with E-state index in [1.165, 1.54) is 38.5 Å². The molecule has 0 heterocycles. The number of amides is 1. The Kier molecular flexibility index (Phi) is 14.4. The zero-order valence-electron chi connectivity index (χ0n) is 15.7. The molecule has 0 aromatic carbocycles. The van der Waals surface area contributed by atoms with Gasteiger partial charge in [0.1, 0.15) is 0 Å². The third kappa shape index (κ3) is 19.7. The Morgan fingerprint density at radius 1 is 1.00 bits per heavy atom.